The van der Waals surface area contributed by atoms with E-state index in [1.807, 2.05) is 4.90 Å². The molecule has 0 bridgehead atoms. The maximum absolute atomic E-state index is 13.6. The van der Waals surface area contributed by atoms with Crippen LogP contribution in [0.25, 0.3) is 0 Å². The van der Waals surface area contributed by atoms with E-state index in [0.717, 1.165) is 45.7 Å². The minimum absolute atomic E-state index is 0.0635. The zero-order valence-corrected chi connectivity index (χ0v) is 22.2. The van der Waals surface area contributed by atoms with Crippen LogP contribution in [0.5, 0.6) is 5.75 Å². The Bertz CT molecular complexity index is 1110. The van der Waals surface area contributed by atoms with Crippen LogP contribution in [-0.2, 0) is 9.59 Å². The Hall–Kier alpha value is -3.08. The van der Waals surface area contributed by atoms with E-state index in [1.165, 1.54) is 29.2 Å². The van der Waals surface area contributed by atoms with Gasteiger partial charge in [-0.3, -0.25) is 14.5 Å². The van der Waals surface area contributed by atoms with Gasteiger partial charge in [-0.2, -0.15) is 0 Å². The molecule has 0 radical (unpaired) electrons. The monoisotopic (exact) mass is 527 g/mol. The summed E-state index contributed by atoms with van der Waals surface area (Å²) in [4.78, 5) is 34.7. The van der Waals surface area contributed by atoms with E-state index >= 15 is 0 Å². The fourth-order valence-corrected chi connectivity index (χ4v) is 5.20. The fourth-order valence-electron chi connectivity index (χ4n) is 4.79. The van der Waals surface area contributed by atoms with Crippen LogP contribution in [0.4, 0.5) is 15.8 Å². The highest BCUT2D eigenvalue weighted by Gasteiger charge is 2.44. The van der Waals surface area contributed by atoms with Crippen molar-refractivity contribution in [2.45, 2.75) is 25.8 Å². The highest BCUT2D eigenvalue weighted by atomic mass is 32.1. The van der Waals surface area contributed by atoms with Gasteiger partial charge in [0, 0.05) is 44.5 Å². The van der Waals surface area contributed by atoms with E-state index < -0.39 is 6.04 Å². The smallest absolute Gasteiger partial charge is 0.256 e. The normalized spacial score (nSPS) is 18.9. The molecule has 0 spiro atoms. The van der Waals surface area contributed by atoms with Crippen LogP contribution in [-0.4, -0.2) is 90.6 Å². The van der Waals surface area contributed by atoms with Gasteiger partial charge in [0.15, 0.2) is 5.11 Å². The summed E-state index contributed by atoms with van der Waals surface area (Å²) < 4.78 is 18.6. The van der Waals surface area contributed by atoms with Gasteiger partial charge >= 0.3 is 0 Å². The fraction of sp³-hybridized carbons (Fsp3) is 0.444. The second-order valence-electron chi connectivity index (χ2n) is 9.26. The Balaban J connectivity index is 1.46. The summed E-state index contributed by atoms with van der Waals surface area (Å²) in [6.07, 6.45) is 0.758. The number of anilines is 2. The molecule has 0 aliphatic carbocycles. The third-order valence-corrected chi connectivity index (χ3v) is 7.34. The second kappa shape index (κ2) is 12.4. The molecular weight excluding hydrogens is 493 g/mol. The third kappa shape index (κ3) is 6.63. The molecule has 2 amide bonds. The Morgan fingerprint density at radius 3 is 2.46 bits per heavy atom. The van der Waals surface area contributed by atoms with Crippen LogP contribution in [0.3, 0.4) is 0 Å². The molecule has 1 N–H and O–H groups in total. The number of methoxy groups -OCH3 is 1. The predicted molar refractivity (Wildman–Crippen MR) is 146 cm³/mol. The molecule has 2 aliphatic rings. The molecule has 2 aliphatic heterocycles. The summed E-state index contributed by atoms with van der Waals surface area (Å²) in [5.74, 6) is -0.348. The predicted octanol–water partition coefficient (Wildman–Crippen LogP) is 3.19. The van der Waals surface area contributed by atoms with E-state index in [4.69, 9.17) is 17.0 Å². The maximum atomic E-state index is 13.6. The molecule has 0 aromatic heterocycles. The van der Waals surface area contributed by atoms with Crippen molar-refractivity contribution in [2.24, 2.45) is 0 Å². The zero-order valence-electron chi connectivity index (χ0n) is 21.4. The number of benzene rings is 2. The SMILES string of the molecule is CCN1CCN(CCCN2C(=S)N(c3cccc(OC)c3)C(=O)[C@H]2CC(=O)Nc2ccc(F)cc2)CC1. The number of thiocarbonyl (C=S) groups is 1. The van der Waals surface area contributed by atoms with E-state index in [-0.39, 0.29) is 24.1 Å². The van der Waals surface area contributed by atoms with Gasteiger partial charge in [-0.15, -0.1) is 0 Å². The van der Waals surface area contributed by atoms with Crippen molar-refractivity contribution in [1.29, 1.82) is 0 Å². The number of carbonyl (C=O) groups excluding carboxylic acids is 2. The molecule has 2 aromatic carbocycles. The number of nitrogens with one attached hydrogen (secondary N) is 1. The van der Waals surface area contributed by atoms with Gasteiger partial charge in [-0.05, 0) is 68.1 Å². The number of hydrogen-bond donors (Lipinski definition) is 1. The Morgan fingerprint density at radius 2 is 1.78 bits per heavy atom. The number of likely N-dealkylation sites (N-methyl/N-ethyl adjacent to an activating group) is 1. The number of nitrogens with zero attached hydrogens (tertiary/aromatic N) is 4. The molecule has 37 heavy (non-hydrogen) atoms. The molecule has 198 valence electrons. The van der Waals surface area contributed by atoms with Crippen LogP contribution >= 0.6 is 12.2 Å². The summed E-state index contributed by atoms with van der Waals surface area (Å²) in [7, 11) is 1.57. The third-order valence-electron chi connectivity index (χ3n) is 6.92. The summed E-state index contributed by atoms with van der Waals surface area (Å²) in [6, 6.07) is 12.0. The number of piperazine rings is 1. The minimum Gasteiger partial charge on any atom is -0.497 e. The topological polar surface area (TPSA) is 68.4 Å². The first-order valence-electron chi connectivity index (χ1n) is 12.7. The molecule has 10 heteroatoms. The molecule has 1 atom stereocenters. The molecule has 8 nitrogen and oxygen atoms in total. The standard InChI is InChI=1S/C27H34FN5O3S/c1-3-30-14-16-31(17-15-30)12-5-13-32-24(19-25(34)29-21-10-8-20(28)9-11-21)26(35)33(27(32)37)22-6-4-7-23(18-22)36-2/h4,6-11,18,24H,3,5,12-17,19H2,1-2H3,(H,29,34)/t24-/m1/s1. The van der Waals surface area contributed by atoms with Crippen molar-refractivity contribution in [3.63, 3.8) is 0 Å². The van der Waals surface area contributed by atoms with E-state index in [0.29, 0.717) is 28.8 Å². The molecule has 0 unspecified atom stereocenters. The van der Waals surface area contributed by atoms with Gasteiger partial charge in [0.05, 0.1) is 19.2 Å². The van der Waals surface area contributed by atoms with Crippen LogP contribution < -0.4 is 15.0 Å². The molecule has 2 saturated heterocycles. The van der Waals surface area contributed by atoms with Gasteiger partial charge in [0.1, 0.15) is 17.6 Å². The highest BCUT2D eigenvalue weighted by Crippen LogP contribution is 2.30. The largest absolute Gasteiger partial charge is 0.497 e. The highest BCUT2D eigenvalue weighted by molar-refractivity contribution is 7.80. The van der Waals surface area contributed by atoms with Gasteiger partial charge in [0.25, 0.3) is 5.91 Å². The van der Waals surface area contributed by atoms with Crippen molar-refractivity contribution in [1.82, 2.24) is 14.7 Å². The summed E-state index contributed by atoms with van der Waals surface area (Å²) in [5, 5.41) is 3.15. The number of amides is 2. The summed E-state index contributed by atoms with van der Waals surface area (Å²) in [6.45, 7) is 8.89. The molecule has 4 rings (SSSR count). The maximum Gasteiger partial charge on any atom is 0.256 e. The number of hydrogen-bond acceptors (Lipinski definition) is 6. The van der Waals surface area contributed by atoms with Crippen LogP contribution in [0.15, 0.2) is 48.5 Å². The average molecular weight is 528 g/mol. The Labute approximate surface area is 223 Å². The second-order valence-corrected chi connectivity index (χ2v) is 9.62. The Morgan fingerprint density at radius 1 is 1.08 bits per heavy atom. The molecule has 2 heterocycles. The first-order valence-corrected chi connectivity index (χ1v) is 13.1. The average Bonchev–Trinajstić information content (AvgIpc) is 3.14. The van der Waals surface area contributed by atoms with Crippen molar-refractivity contribution >= 4 is 40.5 Å². The van der Waals surface area contributed by atoms with Crippen LogP contribution in [0.2, 0.25) is 0 Å². The number of carbonyl (C=O) groups is 2. The summed E-state index contributed by atoms with van der Waals surface area (Å²) in [5.41, 5.74) is 1.08. The van der Waals surface area contributed by atoms with Crippen LogP contribution in [0, 0.1) is 5.82 Å². The van der Waals surface area contributed by atoms with E-state index in [1.54, 1.807) is 31.4 Å². The lowest BCUT2D eigenvalue weighted by Crippen LogP contribution is -2.47. The number of ether oxygens (including phenoxy) is 1. The minimum atomic E-state index is -0.726. The van der Waals surface area contributed by atoms with Gasteiger partial charge in [0.2, 0.25) is 5.91 Å². The summed E-state index contributed by atoms with van der Waals surface area (Å²) >= 11 is 5.77. The molecular formula is C27H34FN5O3S. The van der Waals surface area contributed by atoms with E-state index in [9.17, 15) is 14.0 Å². The van der Waals surface area contributed by atoms with Crippen molar-refractivity contribution in [3.8, 4) is 5.75 Å². The van der Waals surface area contributed by atoms with E-state index in [2.05, 4.69) is 22.0 Å². The number of rotatable bonds is 10. The van der Waals surface area contributed by atoms with Gasteiger partial charge in [-0.25, -0.2) is 4.39 Å². The van der Waals surface area contributed by atoms with Crippen LogP contribution in [0.1, 0.15) is 19.8 Å². The Kier molecular flexibility index (Phi) is 9.07. The van der Waals surface area contributed by atoms with Gasteiger partial charge in [-0.1, -0.05) is 13.0 Å². The first-order chi connectivity index (χ1) is 17.9. The van der Waals surface area contributed by atoms with Crippen molar-refractivity contribution in [3.05, 3.63) is 54.3 Å². The van der Waals surface area contributed by atoms with Crippen molar-refractivity contribution in [2.75, 3.05) is 63.1 Å². The zero-order chi connectivity index (χ0) is 26.4. The lowest BCUT2D eigenvalue weighted by Gasteiger charge is -2.34. The number of halogens is 1. The molecule has 0 saturated carbocycles. The first kappa shape index (κ1) is 27.0. The quantitative estimate of drug-likeness (QED) is 0.476. The lowest BCUT2D eigenvalue weighted by atomic mass is 10.1. The molecule has 2 fully saturated rings. The molecule has 2 aromatic rings. The van der Waals surface area contributed by atoms with Gasteiger partial charge < -0.3 is 24.8 Å². The van der Waals surface area contributed by atoms with Crippen molar-refractivity contribution < 1.29 is 18.7 Å². The lowest BCUT2D eigenvalue weighted by molar-refractivity contribution is -0.124.